The van der Waals surface area contributed by atoms with E-state index >= 15 is 0 Å². The molecule has 0 aliphatic carbocycles. The van der Waals surface area contributed by atoms with E-state index in [0.717, 1.165) is 0 Å². The SMILES string of the molecule is CN(C)C(On1nnc2cccnc21)=[N+](C)C.CN(C)C(On1nnc2cccnc21)=[N+](C)C.F[P-](F)(F)(F)(F)F.F[P-](F)(F)(F)(F)F. The summed E-state index contributed by atoms with van der Waals surface area (Å²) in [5, 5.41) is 15.7. The van der Waals surface area contributed by atoms with Crippen LogP contribution in [0, 0.1) is 0 Å². The van der Waals surface area contributed by atoms with Crippen LogP contribution < -0.4 is 9.68 Å². The van der Waals surface area contributed by atoms with Gasteiger partial charge in [0.1, 0.15) is 11.0 Å². The van der Waals surface area contributed by atoms with Crippen molar-refractivity contribution < 1.29 is 69.2 Å². The van der Waals surface area contributed by atoms with Crippen LogP contribution in [0.25, 0.3) is 22.3 Å². The molecule has 4 rings (SSSR count). The van der Waals surface area contributed by atoms with Crippen molar-refractivity contribution in [2.24, 2.45) is 0 Å². The van der Waals surface area contributed by atoms with Gasteiger partial charge in [-0.15, -0.1) is 10.2 Å². The summed E-state index contributed by atoms with van der Waals surface area (Å²) in [7, 11) is -6.19. The van der Waals surface area contributed by atoms with E-state index in [1.165, 1.54) is 9.69 Å². The molecular weight excluding hydrogens is 730 g/mol. The summed E-state index contributed by atoms with van der Waals surface area (Å²) in [6, 6.07) is 8.57. The molecule has 0 bridgehead atoms. The Morgan fingerprint density at radius 2 is 0.854 bits per heavy atom. The van der Waals surface area contributed by atoms with E-state index in [0.29, 0.717) is 34.4 Å². The van der Waals surface area contributed by atoms with Crippen molar-refractivity contribution in [2.75, 3.05) is 56.4 Å². The van der Waals surface area contributed by atoms with Crippen LogP contribution in [0.3, 0.4) is 0 Å². The van der Waals surface area contributed by atoms with Gasteiger partial charge in [-0.05, 0) is 44.4 Å². The average Bonchev–Trinajstić information content (AvgIpc) is 3.45. The van der Waals surface area contributed by atoms with Crippen LogP contribution in [-0.4, -0.2) is 128 Å². The zero-order chi connectivity index (χ0) is 37.6. The third-order valence-electron chi connectivity index (χ3n) is 4.23. The Kier molecular flexibility index (Phi) is 11.2. The van der Waals surface area contributed by atoms with Crippen LogP contribution in [0.4, 0.5) is 50.4 Å². The standard InChI is InChI=1S/2C10H15N6O.2F6P/c2*1-14(2)10(15(3)4)17-16-9-8(12-13-16)6-5-7-11-9;2*1-7(2,3,4,5)6/h2*5-7H,1-4H3;;/q2*+1;2*-1. The molecule has 0 radical (unpaired) electrons. The van der Waals surface area contributed by atoms with Crippen molar-refractivity contribution in [1.29, 1.82) is 0 Å². The Hall–Kier alpha value is -4.34. The molecule has 4 aromatic heterocycles. The maximum atomic E-state index is 9.87. The Morgan fingerprint density at radius 1 is 0.583 bits per heavy atom. The first-order valence-electron chi connectivity index (χ1n) is 12.3. The molecule has 4 heterocycles. The molecule has 0 spiro atoms. The van der Waals surface area contributed by atoms with Gasteiger partial charge in [-0.2, -0.15) is 0 Å². The molecule has 0 saturated heterocycles. The van der Waals surface area contributed by atoms with Gasteiger partial charge in [-0.3, -0.25) is 9.68 Å². The predicted octanol–water partition coefficient (Wildman–Crippen LogP) is 5.65. The minimum absolute atomic E-state index is 0.591. The van der Waals surface area contributed by atoms with E-state index < -0.39 is 15.6 Å². The molecule has 0 aliphatic heterocycles. The quantitative estimate of drug-likeness (QED) is 0.0834. The molecule has 0 fully saturated rings. The number of fused-ring (bicyclic) bond motifs is 2. The van der Waals surface area contributed by atoms with Crippen LogP contribution in [0.1, 0.15) is 0 Å². The zero-order valence-electron chi connectivity index (χ0n) is 26.1. The Bertz CT molecular complexity index is 1610. The fourth-order valence-corrected chi connectivity index (χ4v) is 2.89. The number of amidine groups is 2. The van der Waals surface area contributed by atoms with Crippen molar-refractivity contribution in [1.82, 2.24) is 50.1 Å². The first-order chi connectivity index (χ1) is 21.1. The van der Waals surface area contributed by atoms with E-state index in [4.69, 9.17) is 9.68 Å². The first-order valence-corrected chi connectivity index (χ1v) is 16.4. The van der Waals surface area contributed by atoms with Crippen molar-refractivity contribution in [3.8, 4) is 0 Å². The Morgan fingerprint density at radius 3 is 1.08 bits per heavy atom. The normalized spacial score (nSPS) is 14.1. The van der Waals surface area contributed by atoms with Gasteiger partial charge in [-0.1, -0.05) is 0 Å². The van der Waals surface area contributed by atoms with Crippen LogP contribution in [-0.2, 0) is 0 Å². The predicted molar refractivity (Wildman–Crippen MR) is 153 cm³/mol. The van der Waals surface area contributed by atoms with Crippen molar-refractivity contribution in [3.05, 3.63) is 36.7 Å². The molecule has 0 N–H and O–H groups in total. The van der Waals surface area contributed by atoms with Gasteiger partial charge in [-0.25, -0.2) is 28.9 Å². The molecular formula is C20H30F12N12O2P2. The van der Waals surface area contributed by atoms with Crippen LogP contribution >= 0.6 is 15.6 Å². The van der Waals surface area contributed by atoms with Crippen molar-refractivity contribution >= 4 is 50.0 Å². The van der Waals surface area contributed by atoms with Gasteiger partial charge in [0.15, 0.2) is 0 Å². The molecule has 14 nitrogen and oxygen atoms in total. The fraction of sp³-hybridized carbons (Fsp3) is 0.400. The third kappa shape index (κ3) is 19.4. The summed E-state index contributed by atoms with van der Waals surface area (Å²) >= 11 is 0. The fourth-order valence-electron chi connectivity index (χ4n) is 2.89. The molecule has 0 amide bonds. The molecule has 276 valence electrons. The van der Waals surface area contributed by atoms with Gasteiger partial charge in [0, 0.05) is 12.4 Å². The maximum absolute atomic E-state index is 10.7. The van der Waals surface area contributed by atoms with Gasteiger partial charge in [0.2, 0.25) is 11.3 Å². The van der Waals surface area contributed by atoms with E-state index in [1.54, 1.807) is 12.4 Å². The van der Waals surface area contributed by atoms with Gasteiger partial charge in [0.05, 0.1) is 56.4 Å². The molecule has 0 atom stereocenters. The topological polar surface area (TPSA) is 118 Å². The summed E-state index contributed by atoms with van der Waals surface area (Å²) in [5.41, 5.74) is 2.58. The Labute approximate surface area is 262 Å². The number of rotatable bonds is 2. The number of pyridine rings is 2. The third-order valence-corrected chi connectivity index (χ3v) is 4.23. The van der Waals surface area contributed by atoms with Crippen molar-refractivity contribution in [2.45, 2.75) is 0 Å². The molecule has 0 unspecified atom stereocenters. The van der Waals surface area contributed by atoms with E-state index in [2.05, 4.69) is 30.6 Å². The number of halogens is 12. The number of nitrogens with zero attached hydrogens (tertiary/aromatic N) is 12. The second-order valence-corrected chi connectivity index (χ2v) is 13.7. The summed E-state index contributed by atoms with van der Waals surface area (Å²) < 4.78 is 122. The van der Waals surface area contributed by atoms with Gasteiger partial charge in [0.25, 0.3) is 0 Å². The molecule has 48 heavy (non-hydrogen) atoms. The van der Waals surface area contributed by atoms with Crippen LogP contribution in [0.5, 0.6) is 0 Å². The number of hydrogen-bond donors (Lipinski definition) is 0. The summed E-state index contributed by atoms with van der Waals surface area (Å²) in [4.78, 5) is 25.9. The minimum atomic E-state index is -10.7. The van der Waals surface area contributed by atoms with E-state index in [-0.39, 0.29) is 0 Å². The summed E-state index contributed by atoms with van der Waals surface area (Å²) in [5.74, 6) is 0. The molecule has 4 aromatic rings. The average molecular weight is 760 g/mol. The Balaban J connectivity index is 0.000000349. The van der Waals surface area contributed by atoms with E-state index in [1.807, 2.05) is 99.6 Å². The van der Waals surface area contributed by atoms with Gasteiger partial charge >= 0.3 is 78.0 Å². The molecule has 0 aromatic carbocycles. The number of hydrogen-bond acceptors (Lipinski definition) is 8. The van der Waals surface area contributed by atoms with Crippen LogP contribution in [0.2, 0.25) is 0 Å². The monoisotopic (exact) mass is 760 g/mol. The summed E-state index contributed by atoms with van der Waals surface area (Å²) in [6.07, 6.45) is 3.35. The summed E-state index contributed by atoms with van der Waals surface area (Å²) in [6.45, 7) is 0. The van der Waals surface area contributed by atoms with Crippen molar-refractivity contribution in [3.63, 3.8) is 0 Å². The second kappa shape index (κ2) is 12.9. The molecule has 28 heteroatoms. The number of aromatic nitrogens is 8. The van der Waals surface area contributed by atoms with Crippen LogP contribution in [0.15, 0.2) is 36.7 Å². The first kappa shape index (κ1) is 41.7. The molecule has 0 saturated carbocycles. The second-order valence-electron chi connectivity index (χ2n) is 9.86. The zero-order valence-corrected chi connectivity index (χ0v) is 27.9. The van der Waals surface area contributed by atoms with Gasteiger partial charge < -0.3 is 0 Å². The van der Waals surface area contributed by atoms with E-state index in [9.17, 15) is 50.4 Å². The molecule has 0 aliphatic rings.